The van der Waals surface area contributed by atoms with E-state index in [-0.39, 0.29) is 21.5 Å². The number of aromatic carboxylic acids is 1. The third-order valence-corrected chi connectivity index (χ3v) is 4.90. The van der Waals surface area contributed by atoms with Crippen LogP contribution in [0.1, 0.15) is 21.7 Å². The summed E-state index contributed by atoms with van der Waals surface area (Å²) in [5.74, 6) is -1.31. The van der Waals surface area contributed by atoms with Crippen molar-refractivity contribution in [2.75, 3.05) is 0 Å². The molecule has 1 aromatic heterocycles. The SMILES string of the molecule is O=C(O)c1cc(Br)c(C(F)(F)F)nc1CSc1ccc(Br)cc1. The average Bonchev–Trinajstić information content (AvgIpc) is 2.46. The summed E-state index contributed by atoms with van der Waals surface area (Å²) < 4.78 is 39.2. The fourth-order valence-corrected chi connectivity index (χ4v) is 3.36. The maximum atomic E-state index is 12.9. The van der Waals surface area contributed by atoms with Crippen molar-refractivity contribution in [2.45, 2.75) is 16.8 Å². The van der Waals surface area contributed by atoms with Gasteiger partial charge in [0.05, 0.1) is 11.3 Å². The number of alkyl halides is 3. The van der Waals surface area contributed by atoms with E-state index < -0.39 is 17.8 Å². The van der Waals surface area contributed by atoms with E-state index in [0.29, 0.717) is 0 Å². The van der Waals surface area contributed by atoms with E-state index in [1.807, 2.05) is 0 Å². The summed E-state index contributed by atoms with van der Waals surface area (Å²) in [4.78, 5) is 15.5. The van der Waals surface area contributed by atoms with E-state index in [1.165, 1.54) is 11.8 Å². The average molecular weight is 471 g/mol. The molecule has 0 saturated carbocycles. The first-order valence-electron chi connectivity index (χ1n) is 6.06. The van der Waals surface area contributed by atoms with Crippen LogP contribution < -0.4 is 0 Å². The number of carboxylic acids is 1. The Morgan fingerprint density at radius 2 is 1.83 bits per heavy atom. The van der Waals surface area contributed by atoms with Crippen LogP contribution in [0.3, 0.4) is 0 Å². The highest BCUT2D eigenvalue weighted by atomic mass is 79.9. The Labute approximate surface area is 150 Å². The van der Waals surface area contributed by atoms with Gasteiger partial charge in [-0.3, -0.25) is 0 Å². The molecule has 2 aromatic rings. The Kier molecular flexibility index (Phi) is 5.74. The number of aromatic nitrogens is 1. The van der Waals surface area contributed by atoms with Gasteiger partial charge in [0, 0.05) is 19.6 Å². The van der Waals surface area contributed by atoms with Crippen molar-refractivity contribution in [3.05, 3.63) is 56.2 Å². The normalized spacial score (nSPS) is 11.5. The second-order valence-corrected chi connectivity index (χ2v) is 7.18. The molecule has 1 aromatic carbocycles. The molecule has 9 heteroatoms. The molecule has 1 N–H and O–H groups in total. The number of pyridine rings is 1. The highest BCUT2D eigenvalue weighted by molar-refractivity contribution is 9.10. The Morgan fingerprint density at radius 3 is 2.35 bits per heavy atom. The lowest BCUT2D eigenvalue weighted by Gasteiger charge is -2.12. The van der Waals surface area contributed by atoms with E-state index in [9.17, 15) is 18.0 Å². The van der Waals surface area contributed by atoms with Crippen molar-refractivity contribution >= 4 is 49.6 Å². The second-order valence-electron chi connectivity index (χ2n) is 4.36. The van der Waals surface area contributed by atoms with Crippen molar-refractivity contribution < 1.29 is 23.1 Å². The predicted molar refractivity (Wildman–Crippen MR) is 87.6 cm³/mol. The molecule has 122 valence electrons. The van der Waals surface area contributed by atoms with Gasteiger partial charge >= 0.3 is 12.1 Å². The molecule has 2 rings (SSSR count). The number of thioether (sulfide) groups is 1. The lowest BCUT2D eigenvalue weighted by atomic mass is 10.2. The zero-order valence-corrected chi connectivity index (χ0v) is 15.2. The minimum Gasteiger partial charge on any atom is -0.478 e. The summed E-state index contributed by atoms with van der Waals surface area (Å²) in [6.45, 7) is 0. The number of hydrogen-bond donors (Lipinski definition) is 1. The van der Waals surface area contributed by atoms with E-state index in [1.54, 1.807) is 24.3 Å². The summed E-state index contributed by atoms with van der Waals surface area (Å²) >= 11 is 7.22. The fourth-order valence-electron chi connectivity index (χ4n) is 1.70. The molecule has 0 aliphatic rings. The van der Waals surface area contributed by atoms with Gasteiger partial charge in [0.25, 0.3) is 0 Å². The zero-order valence-electron chi connectivity index (χ0n) is 11.2. The van der Waals surface area contributed by atoms with Gasteiger partial charge in [0.15, 0.2) is 5.69 Å². The van der Waals surface area contributed by atoms with E-state index >= 15 is 0 Å². The number of carboxylic acid groups (broad SMARTS) is 1. The third kappa shape index (κ3) is 4.71. The predicted octanol–water partition coefficient (Wildman–Crippen LogP) is 5.62. The van der Waals surface area contributed by atoms with Crippen molar-refractivity contribution in [3.8, 4) is 0 Å². The molecular formula is C14H8Br2F3NO2S. The molecule has 0 aliphatic heterocycles. The van der Waals surface area contributed by atoms with Crippen LogP contribution in [0.4, 0.5) is 13.2 Å². The molecule has 0 fully saturated rings. The van der Waals surface area contributed by atoms with Gasteiger partial charge in [0.1, 0.15) is 0 Å². The van der Waals surface area contributed by atoms with E-state index in [2.05, 4.69) is 36.8 Å². The number of rotatable bonds is 4. The lowest BCUT2D eigenvalue weighted by molar-refractivity contribution is -0.141. The van der Waals surface area contributed by atoms with Crippen LogP contribution in [0.5, 0.6) is 0 Å². The van der Waals surface area contributed by atoms with Gasteiger partial charge < -0.3 is 5.11 Å². The molecule has 0 bridgehead atoms. The van der Waals surface area contributed by atoms with E-state index in [0.717, 1.165) is 15.4 Å². The molecule has 0 unspecified atom stereocenters. The monoisotopic (exact) mass is 469 g/mol. The fraction of sp³-hybridized carbons (Fsp3) is 0.143. The van der Waals surface area contributed by atoms with Gasteiger partial charge in [0.2, 0.25) is 0 Å². The van der Waals surface area contributed by atoms with Crippen LogP contribution in [0.2, 0.25) is 0 Å². The Balaban J connectivity index is 2.35. The topological polar surface area (TPSA) is 50.2 Å². The molecule has 0 atom stereocenters. The Bertz CT molecular complexity index is 736. The molecule has 0 radical (unpaired) electrons. The maximum absolute atomic E-state index is 12.9. The quantitative estimate of drug-likeness (QED) is 0.589. The summed E-state index contributed by atoms with van der Waals surface area (Å²) in [5, 5.41) is 9.16. The van der Waals surface area contributed by atoms with Gasteiger partial charge in [-0.15, -0.1) is 11.8 Å². The van der Waals surface area contributed by atoms with Crippen LogP contribution >= 0.6 is 43.6 Å². The highest BCUT2D eigenvalue weighted by Gasteiger charge is 2.36. The minimum absolute atomic E-state index is 0.0135. The lowest BCUT2D eigenvalue weighted by Crippen LogP contribution is -2.14. The van der Waals surface area contributed by atoms with Gasteiger partial charge in [-0.25, -0.2) is 9.78 Å². The van der Waals surface area contributed by atoms with Crippen LogP contribution in [-0.4, -0.2) is 16.1 Å². The number of carbonyl (C=O) groups is 1. The molecular weight excluding hydrogens is 463 g/mol. The number of halogens is 5. The molecule has 1 heterocycles. The zero-order chi connectivity index (χ0) is 17.2. The summed E-state index contributed by atoms with van der Waals surface area (Å²) in [6, 6.07) is 8.07. The molecule has 23 heavy (non-hydrogen) atoms. The van der Waals surface area contributed by atoms with Crippen molar-refractivity contribution in [1.82, 2.24) is 4.98 Å². The van der Waals surface area contributed by atoms with E-state index in [4.69, 9.17) is 5.11 Å². The van der Waals surface area contributed by atoms with Crippen LogP contribution in [0.15, 0.2) is 44.2 Å². The van der Waals surface area contributed by atoms with Gasteiger partial charge in [-0.2, -0.15) is 13.2 Å². The Morgan fingerprint density at radius 1 is 1.22 bits per heavy atom. The largest absolute Gasteiger partial charge is 0.478 e. The first-order chi connectivity index (χ1) is 10.7. The first kappa shape index (κ1) is 18.3. The second kappa shape index (κ2) is 7.23. The molecule has 0 aliphatic carbocycles. The standard InChI is InChI=1S/C14H8Br2F3NO2S/c15-7-1-3-8(4-2-7)23-6-11-9(13(21)22)5-10(16)12(20-11)14(17,18)19/h1-5H,6H2,(H,21,22). The van der Waals surface area contributed by atoms with Crippen LogP contribution in [0, 0.1) is 0 Å². The van der Waals surface area contributed by atoms with Crippen molar-refractivity contribution in [3.63, 3.8) is 0 Å². The highest BCUT2D eigenvalue weighted by Crippen LogP contribution is 2.35. The number of hydrogen-bond acceptors (Lipinski definition) is 3. The third-order valence-electron chi connectivity index (χ3n) is 2.74. The first-order valence-corrected chi connectivity index (χ1v) is 8.64. The van der Waals surface area contributed by atoms with Crippen molar-refractivity contribution in [1.29, 1.82) is 0 Å². The smallest absolute Gasteiger partial charge is 0.434 e. The molecule has 3 nitrogen and oxygen atoms in total. The van der Waals surface area contributed by atoms with Crippen LogP contribution in [-0.2, 0) is 11.9 Å². The summed E-state index contributed by atoms with van der Waals surface area (Å²) in [7, 11) is 0. The summed E-state index contributed by atoms with van der Waals surface area (Å²) in [6.07, 6.45) is -4.66. The van der Waals surface area contributed by atoms with Crippen molar-refractivity contribution in [2.24, 2.45) is 0 Å². The van der Waals surface area contributed by atoms with Gasteiger partial charge in [-0.05, 0) is 46.3 Å². The molecule has 0 saturated heterocycles. The van der Waals surface area contributed by atoms with Gasteiger partial charge in [-0.1, -0.05) is 15.9 Å². The van der Waals surface area contributed by atoms with Crippen LogP contribution in [0.25, 0.3) is 0 Å². The Hall–Kier alpha value is -1.06. The number of benzene rings is 1. The summed E-state index contributed by atoms with van der Waals surface area (Å²) in [5.41, 5.74) is -1.51. The molecule has 0 amide bonds. The molecule has 0 spiro atoms. The maximum Gasteiger partial charge on any atom is 0.434 e. The number of nitrogens with zero attached hydrogens (tertiary/aromatic N) is 1. The minimum atomic E-state index is -4.66.